The Morgan fingerprint density at radius 1 is 0.981 bits per heavy atom. The second kappa shape index (κ2) is 13.2. The van der Waals surface area contributed by atoms with Crippen molar-refractivity contribution in [2.45, 2.75) is 63.0 Å². The van der Waals surface area contributed by atoms with Crippen molar-refractivity contribution in [2.75, 3.05) is 44.2 Å². The van der Waals surface area contributed by atoms with Gasteiger partial charge in [0, 0.05) is 49.1 Å². The van der Waals surface area contributed by atoms with Crippen molar-refractivity contribution >= 4 is 33.4 Å². The molecule has 1 N–H and O–H groups in total. The highest BCUT2D eigenvalue weighted by atomic mass is 19.4. The largest absolute Gasteiger partial charge is 0.508 e. The predicted octanol–water partition coefficient (Wildman–Crippen LogP) is 6.13. The number of piperidine rings is 1. The SMILES string of the molecule is C#Cc1c(F)ccc2cc(O)cc(-c3nc(C#C)c4c(N5CC6CCC(C5)N6C(=O)C(F)(F)F)nc(OCC5(CN6CCC(F)CC6)CC5)nc4c3F)c12. The highest BCUT2D eigenvalue weighted by Gasteiger charge is 2.52. The van der Waals surface area contributed by atoms with Crippen molar-refractivity contribution < 1.29 is 41.0 Å². The molecule has 4 aliphatic rings. The highest BCUT2D eigenvalue weighted by molar-refractivity contribution is 6.04. The zero-order chi connectivity index (χ0) is 38.1. The van der Waals surface area contributed by atoms with Crippen LogP contribution in [0.15, 0.2) is 24.3 Å². The zero-order valence-corrected chi connectivity index (χ0v) is 28.9. The Balaban J connectivity index is 1.25. The van der Waals surface area contributed by atoms with Gasteiger partial charge in [-0.1, -0.05) is 12.0 Å². The summed E-state index contributed by atoms with van der Waals surface area (Å²) >= 11 is 0. The molecule has 0 radical (unpaired) electrons. The Hall–Kier alpha value is -5.28. The van der Waals surface area contributed by atoms with E-state index in [1.807, 2.05) is 0 Å². The Bertz CT molecular complexity index is 2260. The Morgan fingerprint density at radius 2 is 1.69 bits per heavy atom. The molecule has 280 valence electrons. The molecule has 8 rings (SSSR count). The number of hydrogen-bond donors (Lipinski definition) is 1. The number of carbonyl (C=O) groups is 1. The number of pyridine rings is 1. The summed E-state index contributed by atoms with van der Waals surface area (Å²) in [5, 5.41) is 11.0. The first kappa shape index (κ1) is 35.7. The summed E-state index contributed by atoms with van der Waals surface area (Å²) in [6, 6.07) is 3.21. The second-order valence-corrected chi connectivity index (χ2v) is 14.7. The lowest BCUT2D eigenvalue weighted by atomic mass is 9.95. The smallest absolute Gasteiger partial charge is 0.471 e. The Morgan fingerprint density at radius 3 is 2.31 bits per heavy atom. The molecule has 5 heterocycles. The molecule has 1 saturated carbocycles. The summed E-state index contributed by atoms with van der Waals surface area (Å²) in [5.41, 5.74) is -1.34. The summed E-state index contributed by atoms with van der Waals surface area (Å²) in [6.07, 6.45) is 9.00. The number of amides is 1. The third-order valence-electron chi connectivity index (χ3n) is 11.1. The van der Waals surface area contributed by atoms with Gasteiger partial charge in [0.2, 0.25) is 0 Å². The number of ether oxygens (including phenoxy) is 1. The van der Waals surface area contributed by atoms with Gasteiger partial charge in [0.15, 0.2) is 5.82 Å². The number of rotatable bonds is 7. The van der Waals surface area contributed by atoms with E-state index in [-0.39, 0.29) is 81.5 Å². The molecule has 4 fully saturated rings. The summed E-state index contributed by atoms with van der Waals surface area (Å²) in [4.78, 5) is 30.7. The molecule has 54 heavy (non-hydrogen) atoms. The number of aromatic hydroxyl groups is 1. The average Bonchev–Trinajstić information content (AvgIpc) is 3.86. The molecule has 2 atom stereocenters. The summed E-state index contributed by atoms with van der Waals surface area (Å²) in [6.45, 7) is 1.95. The Kier molecular flexibility index (Phi) is 8.76. The monoisotopic (exact) mass is 748 g/mol. The number of alkyl halides is 4. The van der Waals surface area contributed by atoms with Gasteiger partial charge in [0.05, 0.1) is 29.6 Å². The fraction of sp³-hybridized carbons (Fsp3) is 0.436. The minimum absolute atomic E-state index is 0.0101. The molecule has 0 spiro atoms. The van der Waals surface area contributed by atoms with Crippen LogP contribution in [0.5, 0.6) is 11.8 Å². The lowest BCUT2D eigenvalue weighted by Crippen LogP contribution is -2.59. The lowest BCUT2D eigenvalue weighted by molar-refractivity contribution is -0.188. The molecule has 2 unspecified atom stereocenters. The van der Waals surface area contributed by atoms with Crippen LogP contribution in [0.2, 0.25) is 0 Å². The van der Waals surface area contributed by atoms with E-state index in [4.69, 9.17) is 17.6 Å². The van der Waals surface area contributed by atoms with Gasteiger partial charge in [-0.2, -0.15) is 23.1 Å². The van der Waals surface area contributed by atoms with Gasteiger partial charge in [-0.05, 0) is 68.0 Å². The molecular formula is C39H34F6N6O3. The fourth-order valence-corrected chi connectivity index (χ4v) is 8.29. The van der Waals surface area contributed by atoms with Gasteiger partial charge in [-0.15, -0.1) is 12.8 Å². The average molecular weight is 749 g/mol. The van der Waals surface area contributed by atoms with Crippen LogP contribution in [0.25, 0.3) is 32.9 Å². The van der Waals surface area contributed by atoms with Crippen LogP contribution < -0.4 is 9.64 Å². The van der Waals surface area contributed by atoms with Crippen LogP contribution >= 0.6 is 0 Å². The predicted molar refractivity (Wildman–Crippen MR) is 187 cm³/mol. The first-order valence-corrected chi connectivity index (χ1v) is 17.7. The van der Waals surface area contributed by atoms with Crippen molar-refractivity contribution in [1.29, 1.82) is 0 Å². The van der Waals surface area contributed by atoms with Gasteiger partial charge >= 0.3 is 18.1 Å². The summed E-state index contributed by atoms with van der Waals surface area (Å²) in [5.74, 6) is 0.865. The number of piperazine rings is 1. The highest BCUT2D eigenvalue weighted by Crippen LogP contribution is 2.47. The third-order valence-corrected chi connectivity index (χ3v) is 11.1. The molecule has 2 aromatic carbocycles. The van der Waals surface area contributed by atoms with Crippen LogP contribution in [-0.4, -0.2) is 99.5 Å². The van der Waals surface area contributed by atoms with E-state index in [2.05, 4.69) is 31.7 Å². The number of aromatic nitrogens is 3. The molecular weight excluding hydrogens is 714 g/mol. The zero-order valence-electron chi connectivity index (χ0n) is 28.9. The molecule has 3 aliphatic heterocycles. The van der Waals surface area contributed by atoms with E-state index in [0.717, 1.165) is 23.8 Å². The number of phenolic OH excluding ortho intramolecular Hbond substituents is 1. The van der Waals surface area contributed by atoms with E-state index >= 15 is 4.39 Å². The second-order valence-electron chi connectivity index (χ2n) is 14.7. The molecule has 9 nitrogen and oxygen atoms in total. The molecule has 1 aliphatic carbocycles. The fourth-order valence-electron chi connectivity index (χ4n) is 8.29. The minimum Gasteiger partial charge on any atom is -0.508 e. The van der Waals surface area contributed by atoms with E-state index in [0.29, 0.717) is 50.7 Å². The van der Waals surface area contributed by atoms with E-state index < -0.39 is 42.0 Å². The van der Waals surface area contributed by atoms with E-state index in [1.54, 1.807) is 4.90 Å². The van der Waals surface area contributed by atoms with Gasteiger partial charge in [0.1, 0.15) is 40.5 Å². The number of halogens is 6. The quantitative estimate of drug-likeness (QED) is 0.179. The molecule has 3 saturated heterocycles. The number of likely N-dealkylation sites (tertiary alicyclic amines) is 1. The van der Waals surface area contributed by atoms with Crippen molar-refractivity contribution in [1.82, 2.24) is 24.8 Å². The first-order chi connectivity index (χ1) is 25.8. The molecule has 15 heteroatoms. The van der Waals surface area contributed by atoms with E-state index in [1.165, 1.54) is 18.2 Å². The number of phenols is 1. The van der Waals surface area contributed by atoms with Gasteiger partial charge in [0.25, 0.3) is 0 Å². The number of fused-ring (bicyclic) bond motifs is 4. The number of terminal acetylenes is 2. The molecule has 2 aromatic heterocycles. The first-order valence-electron chi connectivity index (χ1n) is 17.7. The molecule has 1 amide bonds. The number of benzene rings is 2. The standard InChI is InChI=1S/C39H34F6N6O3/c1-3-26-28(41)8-5-21-15-25(52)16-27(30(21)26)33-32(42)34-31(29(4-2)46-33)35(50-17-23-6-7-24(18-50)51(23)36(53)39(43,44)45)48-37(47-34)54-20-38(11-12-38)19-49-13-9-22(40)10-14-49/h1-2,5,8,15-16,22-24,52H,6-7,9-14,17-20H2. The maximum atomic E-state index is 17.1. The van der Waals surface area contributed by atoms with Crippen molar-refractivity contribution in [3.05, 3.63) is 47.2 Å². The van der Waals surface area contributed by atoms with Crippen molar-refractivity contribution in [3.63, 3.8) is 0 Å². The summed E-state index contributed by atoms with van der Waals surface area (Å²) < 4.78 is 92.9. The van der Waals surface area contributed by atoms with Crippen LogP contribution in [0, 0.1) is 41.7 Å². The Labute approximate surface area is 306 Å². The van der Waals surface area contributed by atoms with Crippen LogP contribution in [0.3, 0.4) is 0 Å². The van der Waals surface area contributed by atoms with Gasteiger partial charge < -0.3 is 24.5 Å². The van der Waals surface area contributed by atoms with Gasteiger partial charge in [-0.25, -0.2) is 18.2 Å². The van der Waals surface area contributed by atoms with Crippen LogP contribution in [0.1, 0.15) is 49.8 Å². The summed E-state index contributed by atoms with van der Waals surface area (Å²) in [7, 11) is 0. The van der Waals surface area contributed by atoms with Crippen LogP contribution in [0.4, 0.5) is 32.2 Å². The lowest BCUT2D eigenvalue weighted by Gasteiger charge is -2.42. The number of carbonyl (C=O) groups excluding carboxylic acids is 1. The topological polar surface area (TPSA) is 94.9 Å². The van der Waals surface area contributed by atoms with E-state index in [9.17, 15) is 31.9 Å². The molecule has 2 bridgehead atoms. The molecule has 4 aromatic rings. The van der Waals surface area contributed by atoms with Gasteiger partial charge in [-0.3, -0.25) is 4.79 Å². The maximum Gasteiger partial charge on any atom is 0.471 e. The number of anilines is 1. The number of nitrogens with zero attached hydrogens (tertiary/aromatic N) is 6. The number of hydrogen-bond acceptors (Lipinski definition) is 8. The van der Waals surface area contributed by atoms with Crippen molar-refractivity contribution in [3.8, 4) is 47.7 Å². The van der Waals surface area contributed by atoms with Crippen molar-refractivity contribution in [2.24, 2.45) is 5.41 Å². The minimum atomic E-state index is -5.05. The third kappa shape index (κ3) is 6.28. The normalized spacial score (nSPS) is 21.3. The van der Waals surface area contributed by atoms with Crippen LogP contribution in [-0.2, 0) is 4.79 Å². The maximum absolute atomic E-state index is 17.1.